The minimum atomic E-state index is -0.368. The summed E-state index contributed by atoms with van der Waals surface area (Å²) in [5, 5.41) is 6.64. The van der Waals surface area contributed by atoms with Gasteiger partial charge in [0.05, 0.1) is 36.7 Å². The monoisotopic (exact) mass is 494 g/mol. The van der Waals surface area contributed by atoms with Crippen LogP contribution in [0.5, 0.6) is 5.75 Å². The average molecular weight is 495 g/mol. The second kappa shape index (κ2) is 11.3. The van der Waals surface area contributed by atoms with Gasteiger partial charge in [-0.15, -0.1) is 0 Å². The molecule has 0 saturated carbocycles. The lowest BCUT2D eigenvalue weighted by atomic mass is 9.93. The number of hydrogen-bond donors (Lipinski definition) is 2. The van der Waals surface area contributed by atoms with E-state index < -0.39 is 0 Å². The quantitative estimate of drug-likeness (QED) is 0.500. The Bertz CT molecular complexity index is 1150. The van der Waals surface area contributed by atoms with Gasteiger partial charge in [0, 0.05) is 18.0 Å². The standard InChI is InChI=1S/C26H30N4O4S/c1-4-19-22(24(31)33-3)23(30-15-8-16-35-26(30)29-19)17-11-13-18(14-12-17)27-25(32)28-20-9-6-7-10-21(20)34-5-2/h6-7,9-14,23H,4-5,8,15-16H2,1-3H3,(H2,27,28,32). The lowest BCUT2D eigenvalue weighted by molar-refractivity contribution is -0.136. The van der Waals surface area contributed by atoms with Crippen LogP contribution >= 0.6 is 11.8 Å². The molecule has 4 rings (SSSR count). The SMILES string of the molecule is CCOc1ccccc1NC(=O)Nc1ccc(C2C(C(=O)OC)=C(CC)N=C3SCCCN32)cc1. The highest BCUT2D eigenvalue weighted by atomic mass is 32.2. The van der Waals surface area contributed by atoms with Crippen molar-refractivity contribution in [2.24, 2.45) is 4.99 Å². The Morgan fingerprint density at radius 2 is 1.89 bits per heavy atom. The summed E-state index contributed by atoms with van der Waals surface area (Å²) in [6.45, 7) is 5.21. The normalized spacial score (nSPS) is 17.3. The number of para-hydroxylation sites is 2. The zero-order valence-corrected chi connectivity index (χ0v) is 21.0. The molecule has 9 heteroatoms. The number of nitrogens with zero attached hydrogens (tertiary/aromatic N) is 2. The van der Waals surface area contributed by atoms with E-state index in [4.69, 9.17) is 14.5 Å². The number of carbonyl (C=O) groups is 2. The van der Waals surface area contributed by atoms with Crippen molar-refractivity contribution in [3.63, 3.8) is 0 Å². The van der Waals surface area contributed by atoms with E-state index in [9.17, 15) is 9.59 Å². The predicted octanol–water partition coefficient (Wildman–Crippen LogP) is 5.42. The fourth-order valence-corrected chi connectivity index (χ4v) is 5.24. The largest absolute Gasteiger partial charge is 0.492 e. The number of thioether (sulfide) groups is 1. The summed E-state index contributed by atoms with van der Waals surface area (Å²) in [4.78, 5) is 32.4. The number of allylic oxidation sites excluding steroid dienone is 1. The summed E-state index contributed by atoms with van der Waals surface area (Å²) in [5.74, 6) is 1.26. The number of aliphatic imine (C=N–C) groups is 1. The fourth-order valence-electron chi connectivity index (χ4n) is 4.24. The number of nitrogens with one attached hydrogen (secondary N) is 2. The average Bonchev–Trinajstić information content (AvgIpc) is 2.89. The molecule has 2 aliphatic rings. The van der Waals surface area contributed by atoms with Crippen molar-refractivity contribution >= 4 is 40.3 Å². The Kier molecular flexibility index (Phi) is 7.97. The van der Waals surface area contributed by atoms with Crippen LogP contribution in [0.4, 0.5) is 16.2 Å². The summed E-state index contributed by atoms with van der Waals surface area (Å²) >= 11 is 1.72. The van der Waals surface area contributed by atoms with Crippen molar-refractivity contribution < 1.29 is 19.1 Å². The maximum Gasteiger partial charge on any atom is 0.338 e. The van der Waals surface area contributed by atoms with E-state index in [1.165, 1.54) is 7.11 Å². The maximum atomic E-state index is 12.8. The number of esters is 1. The minimum Gasteiger partial charge on any atom is -0.492 e. The van der Waals surface area contributed by atoms with Gasteiger partial charge in [-0.1, -0.05) is 43.0 Å². The second-order valence-corrected chi connectivity index (χ2v) is 9.09. The van der Waals surface area contributed by atoms with Gasteiger partial charge in [-0.2, -0.15) is 0 Å². The molecular formula is C26H30N4O4S. The van der Waals surface area contributed by atoms with Crippen molar-refractivity contribution in [1.82, 2.24) is 4.90 Å². The summed E-state index contributed by atoms with van der Waals surface area (Å²) < 4.78 is 10.7. The Hall–Kier alpha value is -3.46. The van der Waals surface area contributed by atoms with E-state index in [2.05, 4.69) is 15.5 Å². The van der Waals surface area contributed by atoms with E-state index in [1.54, 1.807) is 17.8 Å². The lowest BCUT2D eigenvalue weighted by Crippen LogP contribution is -2.42. The smallest absolute Gasteiger partial charge is 0.338 e. The number of fused-ring (bicyclic) bond motifs is 1. The van der Waals surface area contributed by atoms with Crippen LogP contribution in [-0.4, -0.2) is 48.1 Å². The third-order valence-electron chi connectivity index (χ3n) is 5.81. The molecule has 1 saturated heterocycles. The van der Waals surface area contributed by atoms with Crippen LogP contribution in [0, 0.1) is 0 Å². The molecule has 2 aromatic carbocycles. The molecule has 2 amide bonds. The first kappa shape index (κ1) is 24.7. The molecule has 2 N–H and O–H groups in total. The molecule has 184 valence electrons. The molecule has 2 aliphatic heterocycles. The molecule has 35 heavy (non-hydrogen) atoms. The van der Waals surface area contributed by atoms with Crippen LogP contribution < -0.4 is 15.4 Å². The van der Waals surface area contributed by atoms with Gasteiger partial charge >= 0.3 is 12.0 Å². The van der Waals surface area contributed by atoms with E-state index in [-0.39, 0.29) is 18.0 Å². The Morgan fingerprint density at radius 3 is 2.60 bits per heavy atom. The highest BCUT2D eigenvalue weighted by Gasteiger charge is 2.38. The summed E-state index contributed by atoms with van der Waals surface area (Å²) in [5.41, 5.74) is 3.51. The molecule has 1 fully saturated rings. The zero-order chi connectivity index (χ0) is 24.8. The number of carbonyl (C=O) groups excluding carboxylic acids is 2. The summed E-state index contributed by atoms with van der Waals surface area (Å²) in [6, 6.07) is 14.2. The molecule has 1 atom stereocenters. The highest BCUT2D eigenvalue weighted by Crippen LogP contribution is 2.40. The topological polar surface area (TPSA) is 92.3 Å². The van der Waals surface area contributed by atoms with Crippen LogP contribution in [0.25, 0.3) is 0 Å². The Labute approximate surface area is 209 Å². The van der Waals surface area contributed by atoms with Crippen molar-refractivity contribution in [3.05, 3.63) is 65.4 Å². The van der Waals surface area contributed by atoms with Crippen LogP contribution in [0.2, 0.25) is 0 Å². The molecule has 2 aromatic rings. The van der Waals surface area contributed by atoms with Gasteiger partial charge in [0.25, 0.3) is 0 Å². The molecule has 2 heterocycles. The first-order valence-corrected chi connectivity index (χ1v) is 12.7. The van der Waals surface area contributed by atoms with Gasteiger partial charge in [0.1, 0.15) is 5.75 Å². The van der Waals surface area contributed by atoms with Crippen LogP contribution in [0.1, 0.15) is 38.3 Å². The van der Waals surface area contributed by atoms with Gasteiger partial charge in [0.2, 0.25) is 0 Å². The first-order valence-electron chi connectivity index (χ1n) is 11.7. The van der Waals surface area contributed by atoms with Crippen LogP contribution in [0.3, 0.4) is 0 Å². The van der Waals surface area contributed by atoms with Crippen molar-refractivity contribution in [3.8, 4) is 5.75 Å². The minimum absolute atomic E-state index is 0.279. The number of benzene rings is 2. The van der Waals surface area contributed by atoms with E-state index in [0.29, 0.717) is 35.7 Å². The summed E-state index contributed by atoms with van der Waals surface area (Å²) in [6.07, 6.45) is 1.65. The van der Waals surface area contributed by atoms with E-state index in [0.717, 1.165) is 35.1 Å². The first-order chi connectivity index (χ1) is 17.0. The molecule has 0 aromatic heterocycles. The Balaban J connectivity index is 1.55. The molecule has 0 bridgehead atoms. The number of methoxy groups -OCH3 is 1. The highest BCUT2D eigenvalue weighted by molar-refractivity contribution is 8.13. The summed E-state index contributed by atoms with van der Waals surface area (Å²) in [7, 11) is 1.40. The van der Waals surface area contributed by atoms with E-state index in [1.807, 2.05) is 56.3 Å². The van der Waals surface area contributed by atoms with Gasteiger partial charge in [-0.25, -0.2) is 14.6 Å². The van der Waals surface area contributed by atoms with Gasteiger partial charge in [-0.3, -0.25) is 0 Å². The molecule has 0 aliphatic carbocycles. The number of anilines is 2. The molecule has 1 unspecified atom stereocenters. The third kappa shape index (κ3) is 5.45. The predicted molar refractivity (Wildman–Crippen MR) is 140 cm³/mol. The Morgan fingerprint density at radius 1 is 1.11 bits per heavy atom. The molecular weight excluding hydrogens is 464 g/mol. The van der Waals surface area contributed by atoms with Crippen molar-refractivity contribution in [2.45, 2.75) is 32.7 Å². The van der Waals surface area contributed by atoms with Crippen LogP contribution in [-0.2, 0) is 9.53 Å². The number of urea groups is 1. The van der Waals surface area contributed by atoms with Crippen molar-refractivity contribution in [2.75, 3.05) is 36.6 Å². The van der Waals surface area contributed by atoms with E-state index >= 15 is 0 Å². The second-order valence-electron chi connectivity index (χ2n) is 8.03. The van der Waals surface area contributed by atoms with Gasteiger partial charge < -0.3 is 25.0 Å². The zero-order valence-electron chi connectivity index (χ0n) is 20.2. The van der Waals surface area contributed by atoms with Crippen LogP contribution in [0.15, 0.2) is 64.8 Å². The number of ether oxygens (including phenoxy) is 2. The molecule has 0 spiro atoms. The van der Waals surface area contributed by atoms with Gasteiger partial charge in [0.15, 0.2) is 5.17 Å². The number of amides is 2. The maximum absolute atomic E-state index is 12.8. The van der Waals surface area contributed by atoms with Gasteiger partial charge in [-0.05, 0) is 49.6 Å². The fraction of sp³-hybridized carbons (Fsp3) is 0.346. The third-order valence-corrected chi connectivity index (χ3v) is 6.88. The van der Waals surface area contributed by atoms with Crippen molar-refractivity contribution in [1.29, 1.82) is 0 Å². The molecule has 8 nitrogen and oxygen atoms in total. The number of hydrogen-bond acceptors (Lipinski definition) is 7. The number of rotatable bonds is 7. The molecule has 0 radical (unpaired) electrons. The lowest BCUT2D eigenvalue weighted by Gasteiger charge is -2.40. The number of amidine groups is 1.